The summed E-state index contributed by atoms with van der Waals surface area (Å²) < 4.78 is 11.3. The van der Waals surface area contributed by atoms with Crippen LogP contribution in [0.5, 0.6) is 0 Å². The van der Waals surface area contributed by atoms with Crippen LogP contribution in [0, 0.1) is 0 Å². The molecule has 1 saturated heterocycles. The maximum Gasteiger partial charge on any atom is 0.220 e. The molecule has 0 spiro atoms. The lowest BCUT2D eigenvalue weighted by Gasteiger charge is -2.40. The zero-order chi connectivity index (χ0) is 51.5. The summed E-state index contributed by atoms with van der Waals surface area (Å²) in [5.74, 6) is -0.183. The first-order valence-electron chi connectivity index (χ1n) is 29.3. The standard InChI is InChI=1S/C62H109NO8/c1-3-5-7-9-11-13-15-17-19-21-23-24-25-26-27-28-29-30-31-32-34-36-38-40-42-44-46-48-50-52-58(66)63-55(54-70-62-61(69)60(68)59(67)57(53-64)71-62)56(65)51-49-47-45-43-41-39-37-35-33-22-20-18-16-14-12-10-8-6-4-2/h5,7,11,13,17,19,23-24,26-27,29-30,49,51,55-57,59-62,64-65,67-69H,3-4,6,8-10,12,14-16,18,20-22,25,28,31-48,50,52-54H2,1-2H3,(H,63,66)/b7-5-,13-11-,19-17-,24-23-,27-26-,30-29-,51-49+. The monoisotopic (exact) mass is 996 g/mol. The maximum absolute atomic E-state index is 13.1. The Morgan fingerprint density at radius 2 is 0.873 bits per heavy atom. The van der Waals surface area contributed by atoms with E-state index < -0.39 is 49.5 Å². The van der Waals surface area contributed by atoms with Gasteiger partial charge in [-0.2, -0.15) is 0 Å². The van der Waals surface area contributed by atoms with Gasteiger partial charge in [0.1, 0.15) is 24.4 Å². The number of unbranched alkanes of at least 4 members (excludes halogenated alkanes) is 27. The lowest BCUT2D eigenvalue weighted by atomic mass is 9.99. The highest BCUT2D eigenvalue weighted by atomic mass is 16.7. The number of aliphatic hydroxyl groups excluding tert-OH is 5. The third kappa shape index (κ3) is 40.4. The molecule has 0 saturated carbocycles. The van der Waals surface area contributed by atoms with Crippen LogP contribution in [-0.4, -0.2) is 87.5 Å². The molecule has 9 nitrogen and oxygen atoms in total. The van der Waals surface area contributed by atoms with Crippen LogP contribution < -0.4 is 5.32 Å². The molecule has 1 rings (SSSR count). The number of carbonyl (C=O) groups excluding carboxylic acids is 1. The molecule has 6 N–H and O–H groups in total. The predicted molar refractivity (Wildman–Crippen MR) is 299 cm³/mol. The van der Waals surface area contributed by atoms with Crippen LogP contribution in [0.1, 0.15) is 245 Å². The van der Waals surface area contributed by atoms with Crippen molar-refractivity contribution in [2.24, 2.45) is 0 Å². The van der Waals surface area contributed by atoms with E-state index >= 15 is 0 Å². The second kappa shape index (κ2) is 50.9. The van der Waals surface area contributed by atoms with E-state index in [9.17, 15) is 30.3 Å². The lowest BCUT2D eigenvalue weighted by Crippen LogP contribution is -2.60. The molecule has 0 aromatic heterocycles. The number of rotatable bonds is 49. The number of hydrogen-bond donors (Lipinski definition) is 6. The fraction of sp³-hybridized carbons (Fsp3) is 0.758. The van der Waals surface area contributed by atoms with Gasteiger partial charge in [-0.05, 0) is 70.6 Å². The van der Waals surface area contributed by atoms with Gasteiger partial charge in [0.05, 0.1) is 25.4 Å². The van der Waals surface area contributed by atoms with E-state index in [1.54, 1.807) is 6.08 Å². The highest BCUT2D eigenvalue weighted by Gasteiger charge is 2.44. The lowest BCUT2D eigenvalue weighted by molar-refractivity contribution is -0.302. The number of aliphatic hydroxyl groups is 5. The first kappa shape index (κ1) is 66.4. The van der Waals surface area contributed by atoms with Crippen LogP contribution in [0.2, 0.25) is 0 Å². The molecule has 71 heavy (non-hydrogen) atoms. The molecule has 7 atom stereocenters. The van der Waals surface area contributed by atoms with E-state index in [1.165, 1.54) is 141 Å². The van der Waals surface area contributed by atoms with E-state index in [-0.39, 0.29) is 12.5 Å². The van der Waals surface area contributed by atoms with Crippen LogP contribution in [0.4, 0.5) is 0 Å². The summed E-state index contributed by atoms with van der Waals surface area (Å²) in [6.45, 7) is 3.67. The highest BCUT2D eigenvalue weighted by Crippen LogP contribution is 2.23. The van der Waals surface area contributed by atoms with Gasteiger partial charge in [-0.25, -0.2) is 0 Å². The number of carbonyl (C=O) groups is 1. The molecule has 0 aliphatic carbocycles. The highest BCUT2D eigenvalue weighted by molar-refractivity contribution is 5.76. The topological polar surface area (TPSA) is 149 Å². The van der Waals surface area contributed by atoms with Crippen molar-refractivity contribution in [3.8, 4) is 0 Å². The molecule has 7 unspecified atom stereocenters. The van der Waals surface area contributed by atoms with Gasteiger partial charge < -0.3 is 40.3 Å². The van der Waals surface area contributed by atoms with Crippen molar-refractivity contribution in [3.05, 3.63) is 85.1 Å². The van der Waals surface area contributed by atoms with Crippen molar-refractivity contribution >= 4 is 5.91 Å². The minimum absolute atomic E-state index is 0.183. The average molecular weight is 997 g/mol. The average Bonchev–Trinajstić information content (AvgIpc) is 3.37. The summed E-state index contributed by atoms with van der Waals surface area (Å²) in [5, 5.41) is 54.5. The van der Waals surface area contributed by atoms with Gasteiger partial charge in [-0.15, -0.1) is 0 Å². The molecule has 410 valence electrons. The number of hydrogen-bond acceptors (Lipinski definition) is 8. The largest absolute Gasteiger partial charge is 0.394 e. The minimum atomic E-state index is -1.57. The SMILES string of the molecule is CC/C=C\C/C=C\C/C=C\C/C=C\C/C=C\C/C=C\CCCCCCCCCCCCC(=O)NC(COC1OC(CO)C(O)C(O)C1O)C(O)/C=C/CCCCCCCCCCCCCCCCCCC. The minimum Gasteiger partial charge on any atom is -0.394 e. The molecule has 0 bridgehead atoms. The molecular formula is C62H109NO8. The fourth-order valence-electron chi connectivity index (χ4n) is 8.87. The summed E-state index contributed by atoms with van der Waals surface area (Å²) in [6, 6.07) is -0.813. The van der Waals surface area contributed by atoms with E-state index in [2.05, 4.69) is 92.1 Å². The molecule has 1 aliphatic heterocycles. The Hall–Kier alpha value is -2.63. The van der Waals surface area contributed by atoms with Crippen molar-refractivity contribution in [2.75, 3.05) is 13.2 Å². The van der Waals surface area contributed by atoms with Gasteiger partial charge >= 0.3 is 0 Å². The second-order valence-electron chi connectivity index (χ2n) is 20.1. The van der Waals surface area contributed by atoms with Gasteiger partial charge in [0.25, 0.3) is 0 Å². The first-order chi connectivity index (χ1) is 34.8. The summed E-state index contributed by atoms with van der Waals surface area (Å²) in [7, 11) is 0. The molecular weight excluding hydrogens is 887 g/mol. The van der Waals surface area contributed by atoms with Gasteiger partial charge in [0.15, 0.2) is 6.29 Å². The summed E-state index contributed by atoms with van der Waals surface area (Å²) in [6.07, 6.45) is 64.9. The normalized spacial score (nSPS) is 19.9. The van der Waals surface area contributed by atoms with E-state index in [1.807, 2.05) is 6.08 Å². The van der Waals surface area contributed by atoms with Crippen molar-refractivity contribution in [1.29, 1.82) is 0 Å². The van der Waals surface area contributed by atoms with Crippen LogP contribution in [0.25, 0.3) is 0 Å². The van der Waals surface area contributed by atoms with E-state index in [4.69, 9.17) is 9.47 Å². The third-order valence-electron chi connectivity index (χ3n) is 13.5. The van der Waals surface area contributed by atoms with Crippen LogP contribution in [0.3, 0.4) is 0 Å². The Balaban J connectivity index is 2.23. The van der Waals surface area contributed by atoms with Crippen LogP contribution in [0.15, 0.2) is 85.1 Å². The molecule has 1 fully saturated rings. The number of allylic oxidation sites excluding steroid dienone is 13. The summed E-state index contributed by atoms with van der Waals surface area (Å²) in [5.41, 5.74) is 0. The molecule has 1 amide bonds. The first-order valence-corrected chi connectivity index (χ1v) is 29.3. The van der Waals surface area contributed by atoms with E-state index in [0.29, 0.717) is 6.42 Å². The molecule has 1 aliphatic rings. The Kier molecular flexibility index (Phi) is 47.6. The molecule has 0 radical (unpaired) electrons. The van der Waals surface area contributed by atoms with Crippen molar-refractivity contribution in [2.45, 2.75) is 288 Å². The molecule has 0 aromatic rings. The smallest absolute Gasteiger partial charge is 0.220 e. The Bertz CT molecular complexity index is 1390. The Morgan fingerprint density at radius 3 is 1.30 bits per heavy atom. The van der Waals surface area contributed by atoms with Crippen molar-refractivity contribution in [1.82, 2.24) is 5.32 Å². The Morgan fingerprint density at radius 1 is 0.493 bits per heavy atom. The number of ether oxygens (including phenoxy) is 2. The van der Waals surface area contributed by atoms with Gasteiger partial charge in [0, 0.05) is 6.42 Å². The maximum atomic E-state index is 13.1. The summed E-state index contributed by atoms with van der Waals surface area (Å²) in [4.78, 5) is 13.1. The zero-order valence-electron chi connectivity index (χ0n) is 45.5. The molecule has 9 heteroatoms. The Labute approximate surface area is 435 Å². The number of amides is 1. The quantitative estimate of drug-likeness (QED) is 0.0261. The third-order valence-corrected chi connectivity index (χ3v) is 13.5. The second-order valence-corrected chi connectivity index (χ2v) is 20.1. The van der Waals surface area contributed by atoms with Crippen LogP contribution in [-0.2, 0) is 14.3 Å². The van der Waals surface area contributed by atoms with E-state index in [0.717, 1.165) is 83.5 Å². The summed E-state index contributed by atoms with van der Waals surface area (Å²) >= 11 is 0. The van der Waals surface area contributed by atoms with Crippen LogP contribution >= 0.6 is 0 Å². The van der Waals surface area contributed by atoms with Crippen molar-refractivity contribution < 1.29 is 39.8 Å². The number of nitrogens with one attached hydrogen (secondary N) is 1. The predicted octanol–water partition coefficient (Wildman–Crippen LogP) is 14.6. The van der Waals surface area contributed by atoms with Gasteiger partial charge in [-0.1, -0.05) is 253 Å². The fourth-order valence-corrected chi connectivity index (χ4v) is 8.87. The molecule has 1 heterocycles. The van der Waals surface area contributed by atoms with Gasteiger partial charge in [-0.3, -0.25) is 4.79 Å². The molecule has 0 aromatic carbocycles. The zero-order valence-corrected chi connectivity index (χ0v) is 45.5. The van der Waals surface area contributed by atoms with Gasteiger partial charge in [0.2, 0.25) is 5.91 Å². The van der Waals surface area contributed by atoms with Crippen molar-refractivity contribution in [3.63, 3.8) is 0 Å².